The maximum absolute atomic E-state index is 12.9. The zero-order valence-corrected chi connectivity index (χ0v) is 39.8. The predicted octanol–water partition coefficient (Wildman–Crippen LogP) is 9.37. The quantitative estimate of drug-likeness (QED) is 0.155. The van der Waals surface area contributed by atoms with Crippen LogP contribution in [-0.4, -0.2) is 3.21 Å². The first-order valence-corrected chi connectivity index (χ1v) is 21.6. The molecule has 1 aliphatic rings. The van der Waals surface area contributed by atoms with Gasteiger partial charge in [-0.15, -0.1) is 28.8 Å². The van der Waals surface area contributed by atoms with E-state index in [1.807, 2.05) is 72.8 Å². The summed E-state index contributed by atoms with van der Waals surface area (Å²) in [4.78, 5) is 0. The van der Waals surface area contributed by atoms with E-state index in [-0.39, 0.29) is 35.6 Å². The van der Waals surface area contributed by atoms with Crippen LogP contribution >= 0.6 is 0 Å². The Morgan fingerprint density at radius 2 is 1.13 bits per heavy atom. The summed E-state index contributed by atoms with van der Waals surface area (Å²) in [7, 11) is 0. The normalized spacial score (nSPS) is 11.7. The molecule has 6 heteroatoms. The SMILES string of the molecule is CC(C)(C)c1cc2c([c-]c1-c1ccccc1)Cc1cc(-c3ccccc3)c(C(C)(C)C)cc1-2.FC(F)(F)c1cccc([C](=[Zr+2])c2cccc3ccccc23)c1.[Cl-].[Cl-].c1cc[cH-]c1. The third-order valence-electron chi connectivity index (χ3n) is 10.9. The Balaban J connectivity index is 0.000000216. The van der Waals surface area contributed by atoms with E-state index in [0.29, 0.717) is 5.56 Å². The molecule has 62 heavy (non-hydrogen) atoms. The average molecular weight is 941 g/mol. The van der Waals surface area contributed by atoms with Crippen LogP contribution in [-0.2, 0) is 47.7 Å². The summed E-state index contributed by atoms with van der Waals surface area (Å²) in [5, 5.41) is 2.15. The molecule has 0 saturated heterocycles. The van der Waals surface area contributed by atoms with Gasteiger partial charge in [-0.25, -0.2) is 12.1 Å². The van der Waals surface area contributed by atoms with Crippen LogP contribution in [0.3, 0.4) is 0 Å². The average Bonchev–Trinajstić information content (AvgIpc) is 3.94. The van der Waals surface area contributed by atoms with Crippen LogP contribution in [0.5, 0.6) is 0 Å². The fourth-order valence-corrected chi connectivity index (χ4v) is 8.79. The van der Waals surface area contributed by atoms with Crippen molar-refractivity contribution in [3.63, 3.8) is 0 Å². The molecule has 0 atom stereocenters. The van der Waals surface area contributed by atoms with E-state index < -0.39 is 11.7 Å². The first-order chi connectivity index (χ1) is 28.6. The van der Waals surface area contributed by atoms with E-state index in [2.05, 4.69) is 126 Å². The van der Waals surface area contributed by atoms with Crippen molar-refractivity contribution in [3.8, 4) is 33.4 Å². The Bertz CT molecular complexity index is 2610. The number of alkyl halides is 3. The maximum Gasteiger partial charge on any atom is -0.172 e. The molecule has 1 aliphatic carbocycles. The van der Waals surface area contributed by atoms with Gasteiger partial charge in [0.05, 0.1) is 0 Å². The van der Waals surface area contributed by atoms with E-state index in [0.717, 1.165) is 56.3 Å². The molecule has 0 heterocycles. The molecule has 9 rings (SSSR count). The van der Waals surface area contributed by atoms with Crippen LogP contribution in [0.2, 0.25) is 0 Å². The van der Waals surface area contributed by atoms with Crippen molar-refractivity contribution in [1.82, 2.24) is 0 Å². The minimum Gasteiger partial charge on any atom is -1.00 e. The zero-order chi connectivity index (χ0) is 42.7. The fourth-order valence-electron chi connectivity index (χ4n) is 7.87. The molecule has 0 saturated carbocycles. The van der Waals surface area contributed by atoms with Crippen molar-refractivity contribution in [2.24, 2.45) is 0 Å². The number of rotatable bonds is 4. The largest absolute Gasteiger partial charge is 1.00 e. The molecule has 0 spiro atoms. The summed E-state index contributed by atoms with van der Waals surface area (Å²) < 4.78 is 39.6. The minimum absolute atomic E-state index is 0. The van der Waals surface area contributed by atoms with Gasteiger partial charge in [-0.3, -0.25) is 0 Å². The van der Waals surface area contributed by atoms with Gasteiger partial charge in [0.1, 0.15) is 0 Å². The zero-order valence-electron chi connectivity index (χ0n) is 35.8. The maximum atomic E-state index is 12.9. The van der Waals surface area contributed by atoms with Crippen molar-refractivity contribution in [2.75, 3.05) is 0 Å². The van der Waals surface area contributed by atoms with Crippen molar-refractivity contribution >= 4 is 14.0 Å². The minimum atomic E-state index is -4.31. The molecule has 0 radical (unpaired) electrons. The summed E-state index contributed by atoms with van der Waals surface area (Å²) in [6, 6.07) is 62.2. The second kappa shape index (κ2) is 20.2. The standard InChI is InChI=1S/C33H33.C18H11F3.C5H5.2ClH.Zr/c1-32(2,3)30-20-26-24(18-28(30)22-13-9-7-10-14-22)17-25-19-29(23-15-11-8-12-16-23)31(21-27(25)26)33(4,5)6;19-18(20,21)16-9-3-5-13(12-16)11-15-8-4-7-14-6-1-2-10-17(14)15;1-2-4-5-3-1;;;/h7-16,18,20-21H,17H2,1-6H3;1-10,12H;1-5H;2*1H;/q-1;;-1;;;+2/p-2. The van der Waals surface area contributed by atoms with Crippen LogP contribution < -0.4 is 24.8 Å². The first-order valence-electron chi connectivity index (χ1n) is 20.4. The molecular formula is C56H49Cl2F3Zr-2. The molecule has 0 nitrogen and oxygen atoms in total. The van der Waals surface area contributed by atoms with Gasteiger partial charge in [-0.2, -0.15) is 18.2 Å². The Hall–Kier alpha value is -4.73. The third-order valence-corrected chi connectivity index (χ3v) is 12.3. The van der Waals surface area contributed by atoms with Crippen LogP contribution in [0.4, 0.5) is 13.2 Å². The first kappa shape index (κ1) is 48.3. The van der Waals surface area contributed by atoms with Gasteiger partial charge in [0.15, 0.2) is 0 Å². The number of fused-ring (bicyclic) bond motifs is 4. The van der Waals surface area contributed by atoms with E-state index >= 15 is 0 Å². The molecule has 0 bridgehead atoms. The molecule has 8 aromatic carbocycles. The van der Waals surface area contributed by atoms with Gasteiger partial charge in [0.25, 0.3) is 0 Å². The Morgan fingerprint density at radius 3 is 1.73 bits per heavy atom. The Labute approximate surface area is 392 Å². The molecule has 0 unspecified atom stereocenters. The monoisotopic (exact) mass is 938 g/mol. The molecule has 314 valence electrons. The van der Waals surface area contributed by atoms with E-state index in [1.54, 1.807) is 6.07 Å². The molecule has 0 aromatic heterocycles. The summed E-state index contributed by atoms with van der Waals surface area (Å²) in [5.41, 5.74) is 14.5. The van der Waals surface area contributed by atoms with Crippen LogP contribution in [0, 0.1) is 6.07 Å². The van der Waals surface area contributed by atoms with Gasteiger partial charge < -0.3 is 24.8 Å². The second-order valence-electron chi connectivity index (χ2n) is 17.4. The fraction of sp³-hybridized carbons (Fsp3) is 0.179. The molecule has 8 aromatic rings. The van der Waals surface area contributed by atoms with Crippen LogP contribution in [0.25, 0.3) is 44.2 Å². The van der Waals surface area contributed by atoms with E-state index in [4.69, 9.17) is 0 Å². The summed E-state index contributed by atoms with van der Waals surface area (Å²) in [5.74, 6) is 0. The van der Waals surface area contributed by atoms with E-state index in [9.17, 15) is 13.2 Å². The molecule has 0 N–H and O–H groups in total. The van der Waals surface area contributed by atoms with Gasteiger partial charge in [-0.1, -0.05) is 131 Å². The smallest absolute Gasteiger partial charge is 0.172 e. The topological polar surface area (TPSA) is 0 Å². The summed E-state index contributed by atoms with van der Waals surface area (Å²) in [6.07, 6.45) is -3.37. The number of halogens is 5. The van der Waals surface area contributed by atoms with Crippen molar-refractivity contribution in [2.45, 2.75) is 65.0 Å². The van der Waals surface area contributed by atoms with Crippen LogP contribution in [0.15, 0.2) is 176 Å². The predicted molar refractivity (Wildman–Crippen MR) is 242 cm³/mol. The number of hydrogen-bond acceptors (Lipinski definition) is 0. The molecule has 0 aliphatic heterocycles. The third kappa shape index (κ3) is 11.1. The number of benzene rings is 7. The van der Waals surface area contributed by atoms with Gasteiger partial charge in [0, 0.05) is 0 Å². The summed E-state index contributed by atoms with van der Waals surface area (Å²) in [6.45, 7) is 13.9. The van der Waals surface area contributed by atoms with E-state index in [1.165, 1.54) is 67.8 Å². The van der Waals surface area contributed by atoms with Crippen LogP contribution in [0.1, 0.15) is 80.5 Å². The molecule has 0 fully saturated rings. The van der Waals surface area contributed by atoms with Crippen molar-refractivity contribution in [3.05, 3.63) is 221 Å². The molecule has 0 amide bonds. The molecular weight excluding hydrogens is 892 g/mol. The van der Waals surface area contributed by atoms with Gasteiger partial charge >= 0.3 is 141 Å². The van der Waals surface area contributed by atoms with Gasteiger partial charge in [0.2, 0.25) is 0 Å². The Kier molecular flexibility index (Phi) is 15.7. The van der Waals surface area contributed by atoms with Gasteiger partial charge in [-0.05, 0) is 39.5 Å². The number of hydrogen-bond donors (Lipinski definition) is 0. The van der Waals surface area contributed by atoms with Crippen molar-refractivity contribution in [1.29, 1.82) is 0 Å². The second-order valence-corrected chi connectivity index (χ2v) is 18.6. The summed E-state index contributed by atoms with van der Waals surface area (Å²) >= 11 is 1.09. The van der Waals surface area contributed by atoms with Crippen molar-refractivity contribution < 1.29 is 62.2 Å². The Morgan fingerprint density at radius 1 is 0.565 bits per heavy atom.